The molecule has 1 rings (SSSR count). The summed E-state index contributed by atoms with van der Waals surface area (Å²) < 4.78 is 0. The molecule has 0 bridgehead atoms. The zero-order valence-corrected chi connectivity index (χ0v) is 8.88. The van der Waals surface area contributed by atoms with Crippen molar-refractivity contribution >= 4 is 5.78 Å². The van der Waals surface area contributed by atoms with Crippen LogP contribution in [0.4, 0.5) is 0 Å². The normalized spacial score (nSPS) is 10.5. The second-order valence-corrected chi connectivity index (χ2v) is 3.43. The van der Waals surface area contributed by atoms with Crippen molar-refractivity contribution in [2.45, 2.75) is 19.4 Å². The van der Waals surface area contributed by atoms with Gasteiger partial charge in [0, 0.05) is 5.56 Å². The SMILES string of the molecule is CC(C)(NO)C(=O)c1ccccc1.[Cl-]. The molecule has 0 heterocycles. The van der Waals surface area contributed by atoms with Crippen LogP contribution in [0.15, 0.2) is 30.3 Å². The van der Waals surface area contributed by atoms with Gasteiger partial charge < -0.3 is 17.6 Å². The fourth-order valence-corrected chi connectivity index (χ4v) is 1.00. The van der Waals surface area contributed by atoms with Crippen LogP contribution in [0.3, 0.4) is 0 Å². The number of hydrogen-bond donors (Lipinski definition) is 2. The van der Waals surface area contributed by atoms with Crippen LogP contribution in [-0.4, -0.2) is 16.5 Å². The molecule has 0 amide bonds. The van der Waals surface area contributed by atoms with Crippen molar-refractivity contribution in [1.29, 1.82) is 0 Å². The van der Waals surface area contributed by atoms with Gasteiger partial charge in [0.15, 0.2) is 5.78 Å². The third-order valence-electron chi connectivity index (χ3n) is 1.88. The lowest BCUT2D eigenvalue weighted by atomic mass is 9.94. The molecule has 14 heavy (non-hydrogen) atoms. The molecule has 3 nitrogen and oxygen atoms in total. The quantitative estimate of drug-likeness (QED) is 0.482. The molecule has 2 N–H and O–H groups in total. The number of nitrogens with one attached hydrogen (secondary N) is 1. The van der Waals surface area contributed by atoms with Gasteiger partial charge in [0.05, 0.1) is 0 Å². The fraction of sp³-hybridized carbons (Fsp3) is 0.300. The van der Waals surface area contributed by atoms with Gasteiger partial charge in [0.1, 0.15) is 5.54 Å². The maximum Gasteiger partial charge on any atom is 0.184 e. The summed E-state index contributed by atoms with van der Waals surface area (Å²) in [4.78, 5) is 11.7. The first-order valence-corrected chi connectivity index (χ1v) is 4.09. The van der Waals surface area contributed by atoms with Crippen LogP contribution < -0.4 is 17.9 Å². The summed E-state index contributed by atoms with van der Waals surface area (Å²) in [5.74, 6) is -0.129. The second-order valence-electron chi connectivity index (χ2n) is 3.43. The van der Waals surface area contributed by atoms with Crippen LogP contribution in [0.1, 0.15) is 24.2 Å². The van der Waals surface area contributed by atoms with Gasteiger partial charge in [-0.1, -0.05) is 30.3 Å². The summed E-state index contributed by atoms with van der Waals surface area (Å²) in [7, 11) is 0. The molecule has 0 atom stereocenters. The van der Waals surface area contributed by atoms with Gasteiger partial charge in [0.2, 0.25) is 0 Å². The predicted octanol–water partition coefficient (Wildman–Crippen LogP) is -1.37. The van der Waals surface area contributed by atoms with E-state index in [9.17, 15) is 4.79 Å². The van der Waals surface area contributed by atoms with Gasteiger partial charge in [-0.05, 0) is 13.8 Å². The Labute approximate surface area is 89.5 Å². The number of carbonyl (C=O) groups is 1. The summed E-state index contributed by atoms with van der Waals surface area (Å²) in [5.41, 5.74) is 1.65. The highest BCUT2D eigenvalue weighted by molar-refractivity contribution is 6.02. The number of hydrogen-bond acceptors (Lipinski definition) is 3. The Kier molecular flexibility index (Phi) is 4.77. The molecule has 0 aliphatic rings. The smallest absolute Gasteiger partial charge is 0.184 e. The lowest BCUT2D eigenvalue weighted by Gasteiger charge is -2.20. The molecule has 0 aliphatic heterocycles. The second kappa shape index (κ2) is 5.10. The Balaban J connectivity index is 0.00000169. The third-order valence-corrected chi connectivity index (χ3v) is 1.88. The first-order valence-electron chi connectivity index (χ1n) is 4.09. The molecule has 0 unspecified atom stereocenters. The number of carbonyl (C=O) groups excluding carboxylic acids is 1. The van der Waals surface area contributed by atoms with Crippen LogP contribution in [0, 0.1) is 0 Å². The number of hydroxylamine groups is 1. The first kappa shape index (κ1) is 13.1. The molecule has 4 heteroatoms. The van der Waals surface area contributed by atoms with Crippen molar-refractivity contribution in [1.82, 2.24) is 5.48 Å². The molecule has 0 aliphatic carbocycles. The highest BCUT2D eigenvalue weighted by Gasteiger charge is 2.27. The van der Waals surface area contributed by atoms with E-state index in [1.165, 1.54) is 0 Å². The summed E-state index contributed by atoms with van der Waals surface area (Å²) in [6, 6.07) is 8.88. The van der Waals surface area contributed by atoms with Crippen LogP contribution in [-0.2, 0) is 0 Å². The van der Waals surface area contributed by atoms with E-state index in [4.69, 9.17) is 5.21 Å². The van der Waals surface area contributed by atoms with Gasteiger partial charge in [-0.3, -0.25) is 4.79 Å². The molecular formula is C10H13ClNO2-. The van der Waals surface area contributed by atoms with Gasteiger partial charge in [-0.25, -0.2) is 0 Å². The predicted molar refractivity (Wildman–Crippen MR) is 49.8 cm³/mol. The number of halogens is 1. The first-order chi connectivity index (χ1) is 6.08. The number of rotatable bonds is 3. The average molecular weight is 215 g/mol. The van der Waals surface area contributed by atoms with Crippen molar-refractivity contribution < 1.29 is 22.4 Å². The Hall–Kier alpha value is -0.900. The summed E-state index contributed by atoms with van der Waals surface area (Å²) in [6.45, 7) is 3.25. The average Bonchev–Trinajstić information content (AvgIpc) is 2.18. The monoisotopic (exact) mass is 214 g/mol. The van der Waals surface area contributed by atoms with E-state index >= 15 is 0 Å². The van der Waals surface area contributed by atoms with E-state index in [1.54, 1.807) is 38.1 Å². The molecule has 1 aromatic carbocycles. The fourth-order valence-electron chi connectivity index (χ4n) is 1.00. The van der Waals surface area contributed by atoms with Gasteiger partial charge in [-0.15, -0.1) is 0 Å². The van der Waals surface area contributed by atoms with Crippen molar-refractivity contribution in [2.75, 3.05) is 0 Å². The number of Topliss-reactive ketones (excluding diaryl/α,β-unsaturated/α-hetero) is 1. The minimum atomic E-state index is -0.929. The lowest BCUT2D eigenvalue weighted by molar-refractivity contribution is -0.0000141. The van der Waals surface area contributed by atoms with E-state index in [-0.39, 0.29) is 18.2 Å². The Morgan fingerprint density at radius 1 is 1.29 bits per heavy atom. The van der Waals surface area contributed by atoms with Crippen molar-refractivity contribution in [2.24, 2.45) is 0 Å². The van der Waals surface area contributed by atoms with Crippen LogP contribution >= 0.6 is 0 Å². The Morgan fingerprint density at radius 2 is 1.79 bits per heavy atom. The zero-order valence-electron chi connectivity index (χ0n) is 8.12. The van der Waals surface area contributed by atoms with E-state index in [0.29, 0.717) is 5.56 Å². The van der Waals surface area contributed by atoms with Gasteiger partial charge in [-0.2, -0.15) is 5.48 Å². The largest absolute Gasteiger partial charge is 1.00 e. The lowest BCUT2D eigenvalue weighted by Crippen LogP contribution is -3.00. The minimum Gasteiger partial charge on any atom is -1.00 e. The molecule has 0 saturated heterocycles. The topological polar surface area (TPSA) is 49.3 Å². The minimum absolute atomic E-state index is 0. The van der Waals surface area contributed by atoms with Crippen LogP contribution in [0.25, 0.3) is 0 Å². The molecule has 1 aromatic rings. The van der Waals surface area contributed by atoms with Crippen LogP contribution in [0.2, 0.25) is 0 Å². The molecule has 0 radical (unpaired) electrons. The molecule has 0 aromatic heterocycles. The summed E-state index contributed by atoms with van der Waals surface area (Å²) in [5, 5.41) is 8.75. The van der Waals surface area contributed by atoms with Gasteiger partial charge >= 0.3 is 0 Å². The highest BCUT2D eigenvalue weighted by atomic mass is 35.5. The summed E-state index contributed by atoms with van der Waals surface area (Å²) in [6.07, 6.45) is 0. The molecule has 0 spiro atoms. The Morgan fingerprint density at radius 3 is 2.21 bits per heavy atom. The molecule has 78 valence electrons. The molecule has 0 saturated carbocycles. The highest BCUT2D eigenvalue weighted by Crippen LogP contribution is 2.11. The zero-order chi connectivity index (χ0) is 9.90. The van der Waals surface area contributed by atoms with Gasteiger partial charge in [0.25, 0.3) is 0 Å². The number of ketones is 1. The number of benzene rings is 1. The molecule has 0 fully saturated rings. The van der Waals surface area contributed by atoms with Crippen molar-refractivity contribution in [3.05, 3.63) is 35.9 Å². The standard InChI is InChI=1S/C10H13NO2.ClH/c1-10(2,11-13)9(12)8-6-4-3-5-7-8;/h3-7,11,13H,1-2H3;1H/p-1. The van der Waals surface area contributed by atoms with Crippen molar-refractivity contribution in [3.8, 4) is 0 Å². The summed E-state index contributed by atoms with van der Waals surface area (Å²) >= 11 is 0. The van der Waals surface area contributed by atoms with E-state index in [2.05, 4.69) is 0 Å². The molecular weight excluding hydrogens is 202 g/mol. The Bertz CT molecular complexity index is 298. The van der Waals surface area contributed by atoms with E-state index < -0.39 is 5.54 Å². The van der Waals surface area contributed by atoms with Crippen molar-refractivity contribution in [3.63, 3.8) is 0 Å². The van der Waals surface area contributed by atoms with E-state index in [1.807, 2.05) is 11.5 Å². The van der Waals surface area contributed by atoms with E-state index in [0.717, 1.165) is 0 Å². The van der Waals surface area contributed by atoms with Crippen LogP contribution in [0.5, 0.6) is 0 Å². The maximum absolute atomic E-state index is 11.7. The third kappa shape index (κ3) is 2.80. The maximum atomic E-state index is 11.7.